The number of esters is 1. The molecule has 1 fully saturated rings. The van der Waals surface area contributed by atoms with Gasteiger partial charge in [0.1, 0.15) is 19.0 Å². The minimum atomic E-state index is -0.501. The van der Waals surface area contributed by atoms with Crippen molar-refractivity contribution in [2.45, 2.75) is 24.7 Å². The number of rotatable bonds is 8. The first kappa shape index (κ1) is 13.8. The Balaban J connectivity index is 2.49. The Labute approximate surface area is 99.5 Å². The number of carbonyl (C=O) groups excluding carboxylic acids is 2. The van der Waals surface area contributed by atoms with E-state index in [1.807, 2.05) is 0 Å². The van der Waals surface area contributed by atoms with E-state index in [4.69, 9.17) is 14.2 Å². The molecule has 3 atom stereocenters. The zero-order chi connectivity index (χ0) is 12.8. The molecule has 0 spiro atoms. The molecule has 0 saturated carbocycles. The molecule has 1 rings (SSSR count). The number of epoxide rings is 1. The highest BCUT2D eigenvalue weighted by Crippen LogP contribution is 2.29. The maximum Gasteiger partial charge on any atom is 0.333 e. The smallest absolute Gasteiger partial charge is 0.333 e. The molecule has 0 amide bonds. The third-order valence-electron chi connectivity index (χ3n) is 2.38. The molecule has 0 radical (unpaired) electrons. The Hall–Kier alpha value is -1.24. The Morgan fingerprint density at radius 1 is 1.53 bits per heavy atom. The van der Waals surface area contributed by atoms with Crippen LogP contribution in [0.2, 0.25) is 0 Å². The summed E-state index contributed by atoms with van der Waals surface area (Å²) in [6, 6.07) is 0. The van der Waals surface area contributed by atoms with Gasteiger partial charge in [-0.2, -0.15) is 0 Å². The maximum atomic E-state index is 11.2. The fourth-order valence-corrected chi connectivity index (χ4v) is 1.44. The van der Waals surface area contributed by atoms with Crippen LogP contribution >= 0.6 is 0 Å². The molecular formula is C11H16O6. The van der Waals surface area contributed by atoms with Gasteiger partial charge >= 0.3 is 5.97 Å². The predicted octanol–water partition coefficient (Wildman–Crippen LogP) is 0.0611. The molecule has 1 heterocycles. The zero-order valence-electron chi connectivity index (χ0n) is 9.88. The minimum Gasteiger partial charge on any atom is -0.466 e. The molecule has 0 bridgehead atoms. The van der Waals surface area contributed by atoms with E-state index >= 15 is 0 Å². The van der Waals surface area contributed by atoms with Crippen LogP contribution < -0.4 is 0 Å². The first-order valence-corrected chi connectivity index (χ1v) is 5.11. The summed E-state index contributed by atoms with van der Waals surface area (Å²) in [6.45, 7) is 3.66. The highest BCUT2D eigenvalue weighted by Gasteiger charge is 2.46. The molecule has 1 saturated heterocycles. The summed E-state index contributed by atoms with van der Waals surface area (Å²) in [7, 11) is 2.76. The molecule has 0 aromatic rings. The lowest BCUT2D eigenvalue weighted by Crippen LogP contribution is -2.25. The second kappa shape index (κ2) is 6.48. The van der Waals surface area contributed by atoms with E-state index in [-0.39, 0.29) is 24.9 Å². The van der Waals surface area contributed by atoms with E-state index in [0.717, 1.165) is 0 Å². The van der Waals surface area contributed by atoms with Crippen molar-refractivity contribution < 1.29 is 28.5 Å². The molecule has 0 aromatic carbocycles. The fourth-order valence-electron chi connectivity index (χ4n) is 1.44. The lowest BCUT2D eigenvalue weighted by atomic mass is 10.1. The van der Waals surface area contributed by atoms with Crippen LogP contribution in [-0.4, -0.2) is 51.6 Å². The van der Waals surface area contributed by atoms with Gasteiger partial charge in [0.05, 0.1) is 13.2 Å². The monoisotopic (exact) mass is 244 g/mol. The molecular weight excluding hydrogens is 228 g/mol. The van der Waals surface area contributed by atoms with Gasteiger partial charge in [-0.3, -0.25) is 0 Å². The standard InChI is InChI=1S/C11H16O6/c1-7(11(13)15-3)4-8(16-6-14-2)10-9(5-12)17-10/h5,8-10H,1,4,6H2,2-3H3/t8-,9-,10+/m1/s1. The van der Waals surface area contributed by atoms with Crippen molar-refractivity contribution in [2.75, 3.05) is 21.0 Å². The van der Waals surface area contributed by atoms with Crippen LogP contribution in [0.1, 0.15) is 6.42 Å². The number of hydrogen-bond donors (Lipinski definition) is 0. The Kier molecular flexibility index (Phi) is 5.27. The molecule has 0 unspecified atom stereocenters. The number of hydrogen-bond acceptors (Lipinski definition) is 6. The van der Waals surface area contributed by atoms with Crippen LogP contribution in [0.15, 0.2) is 12.2 Å². The topological polar surface area (TPSA) is 74.4 Å². The third kappa shape index (κ3) is 3.92. The highest BCUT2D eigenvalue weighted by atomic mass is 16.7. The van der Waals surface area contributed by atoms with E-state index in [1.54, 1.807) is 0 Å². The molecule has 0 aliphatic carbocycles. The van der Waals surface area contributed by atoms with Crippen molar-refractivity contribution in [3.8, 4) is 0 Å². The Bertz CT molecular complexity index is 300. The average Bonchev–Trinajstić information content (AvgIpc) is 3.12. The van der Waals surface area contributed by atoms with Crippen LogP contribution in [0.5, 0.6) is 0 Å². The summed E-state index contributed by atoms with van der Waals surface area (Å²) in [4.78, 5) is 21.7. The van der Waals surface area contributed by atoms with E-state index in [0.29, 0.717) is 6.29 Å². The fraction of sp³-hybridized carbons (Fsp3) is 0.636. The van der Waals surface area contributed by atoms with Crippen LogP contribution in [0.25, 0.3) is 0 Å². The summed E-state index contributed by atoms with van der Waals surface area (Å²) < 4.78 is 19.7. The van der Waals surface area contributed by atoms with Crippen LogP contribution in [-0.2, 0) is 28.5 Å². The van der Waals surface area contributed by atoms with Crippen molar-refractivity contribution >= 4 is 12.3 Å². The van der Waals surface area contributed by atoms with Crippen molar-refractivity contribution in [3.05, 3.63) is 12.2 Å². The van der Waals surface area contributed by atoms with Gasteiger partial charge in [-0.1, -0.05) is 6.58 Å². The lowest BCUT2D eigenvalue weighted by molar-refractivity contribution is -0.137. The normalized spacial score (nSPS) is 23.9. The minimum absolute atomic E-state index is 0.0601. The van der Waals surface area contributed by atoms with Crippen LogP contribution in [0.3, 0.4) is 0 Å². The van der Waals surface area contributed by atoms with Crippen LogP contribution in [0, 0.1) is 0 Å². The number of ether oxygens (including phenoxy) is 4. The molecule has 1 aliphatic rings. The molecule has 17 heavy (non-hydrogen) atoms. The molecule has 0 N–H and O–H groups in total. The summed E-state index contributed by atoms with van der Waals surface area (Å²) in [5.41, 5.74) is 0.272. The number of carbonyl (C=O) groups is 2. The van der Waals surface area contributed by atoms with Crippen molar-refractivity contribution in [2.24, 2.45) is 0 Å². The summed E-state index contributed by atoms with van der Waals surface area (Å²) in [5, 5.41) is 0. The second-order valence-electron chi connectivity index (χ2n) is 3.61. The molecule has 6 heteroatoms. The SMILES string of the molecule is C=C(C[C@@H](OCOC)[C@@H]1O[C@@H]1C=O)C(=O)OC. The zero-order valence-corrected chi connectivity index (χ0v) is 9.88. The number of aldehydes is 1. The predicted molar refractivity (Wildman–Crippen MR) is 57.2 cm³/mol. The summed E-state index contributed by atoms with van der Waals surface area (Å²) >= 11 is 0. The van der Waals surface area contributed by atoms with Crippen molar-refractivity contribution in [1.29, 1.82) is 0 Å². The first-order chi connectivity index (χ1) is 8.13. The highest BCUT2D eigenvalue weighted by molar-refractivity contribution is 5.87. The lowest BCUT2D eigenvalue weighted by Gasteiger charge is -2.15. The quantitative estimate of drug-likeness (QED) is 0.198. The van der Waals surface area contributed by atoms with Crippen LogP contribution in [0.4, 0.5) is 0 Å². The van der Waals surface area contributed by atoms with E-state index < -0.39 is 18.2 Å². The van der Waals surface area contributed by atoms with Gasteiger partial charge in [-0.15, -0.1) is 0 Å². The molecule has 6 nitrogen and oxygen atoms in total. The molecule has 0 aromatic heterocycles. The van der Waals surface area contributed by atoms with Crippen molar-refractivity contribution in [3.63, 3.8) is 0 Å². The van der Waals surface area contributed by atoms with E-state index in [1.165, 1.54) is 14.2 Å². The second-order valence-corrected chi connectivity index (χ2v) is 3.61. The van der Waals surface area contributed by atoms with Gasteiger partial charge in [-0.25, -0.2) is 4.79 Å². The molecule has 1 aliphatic heterocycles. The summed E-state index contributed by atoms with van der Waals surface area (Å²) in [6.07, 6.45) is -0.303. The number of methoxy groups -OCH3 is 2. The molecule has 96 valence electrons. The van der Waals surface area contributed by atoms with E-state index in [9.17, 15) is 9.59 Å². The van der Waals surface area contributed by atoms with E-state index in [2.05, 4.69) is 11.3 Å². The maximum absolute atomic E-state index is 11.2. The Morgan fingerprint density at radius 2 is 2.24 bits per heavy atom. The average molecular weight is 244 g/mol. The first-order valence-electron chi connectivity index (χ1n) is 5.11. The summed E-state index contributed by atoms with van der Waals surface area (Å²) in [5.74, 6) is -0.501. The van der Waals surface area contributed by atoms with Gasteiger partial charge < -0.3 is 23.7 Å². The van der Waals surface area contributed by atoms with Gasteiger partial charge in [0, 0.05) is 19.1 Å². The Morgan fingerprint density at radius 3 is 2.71 bits per heavy atom. The third-order valence-corrected chi connectivity index (χ3v) is 2.38. The van der Waals surface area contributed by atoms with Gasteiger partial charge in [0.25, 0.3) is 0 Å². The van der Waals surface area contributed by atoms with Crippen molar-refractivity contribution in [1.82, 2.24) is 0 Å². The largest absolute Gasteiger partial charge is 0.466 e. The van der Waals surface area contributed by atoms with Gasteiger partial charge in [0.15, 0.2) is 6.29 Å². The van der Waals surface area contributed by atoms with Gasteiger partial charge in [-0.05, 0) is 0 Å². The van der Waals surface area contributed by atoms with Gasteiger partial charge in [0.2, 0.25) is 0 Å².